The van der Waals surface area contributed by atoms with Crippen molar-refractivity contribution in [1.82, 2.24) is 14.9 Å². The van der Waals surface area contributed by atoms with E-state index in [2.05, 4.69) is 20.2 Å². The topological polar surface area (TPSA) is 55.4 Å². The van der Waals surface area contributed by atoms with Crippen molar-refractivity contribution >= 4 is 11.4 Å². The van der Waals surface area contributed by atoms with Gasteiger partial charge in [-0.1, -0.05) is 0 Å². The van der Waals surface area contributed by atoms with E-state index < -0.39 is 0 Å². The summed E-state index contributed by atoms with van der Waals surface area (Å²) in [6.07, 6.45) is 0. The molecule has 0 aromatic carbocycles. The first-order chi connectivity index (χ1) is 5.72. The third-order valence-corrected chi connectivity index (χ3v) is 1.72. The quantitative estimate of drug-likeness (QED) is 0.550. The fourth-order valence-corrected chi connectivity index (χ4v) is 1.24. The van der Waals surface area contributed by atoms with E-state index in [0.29, 0.717) is 0 Å². The second kappa shape index (κ2) is 2.23. The summed E-state index contributed by atoms with van der Waals surface area (Å²) < 4.78 is 0. The van der Waals surface area contributed by atoms with Crippen LogP contribution in [0, 0.1) is 6.92 Å². The Morgan fingerprint density at radius 2 is 2.08 bits per heavy atom. The first-order valence-electron chi connectivity index (χ1n) is 3.69. The molecule has 0 aliphatic carbocycles. The number of aliphatic imine (C=N–C) groups is 1. The molecule has 1 aliphatic heterocycles. The maximum Gasteiger partial charge on any atom is 0.203 e. The third kappa shape index (κ3) is 0.792. The van der Waals surface area contributed by atoms with Gasteiger partial charge < -0.3 is 0 Å². The molecule has 1 aliphatic rings. The van der Waals surface area contributed by atoms with Crippen LogP contribution in [-0.4, -0.2) is 33.3 Å². The number of hydrogen-bond acceptors (Lipinski definition) is 4. The highest BCUT2D eigenvalue weighted by Gasteiger charge is 2.22. The van der Waals surface area contributed by atoms with Gasteiger partial charge >= 0.3 is 0 Å². The van der Waals surface area contributed by atoms with Gasteiger partial charge in [-0.3, -0.25) is 4.99 Å². The molecule has 0 amide bonds. The lowest BCUT2D eigenvalue weighted by Gasteiger charge is -1.89. The molecule has 5 nitrogen and oxygen atoms in total. The van der Waals surface area contributed by atoms with Gasteiger partial charge in [0.1, 0.15) is 5.71 Å². The zero-order valence-electron chi connectivity index (χ0n) is 7.24. The highest BCUT2D eigenvalue weighted by molar-refractivity contribution is 6.47. The molecule has 5 heteroatoms. The van der Waals surface area contributed by atoms with Crippen LogP contribution >= 0.6 is 0 Å². The monoisotopic (exact) mass is 163 g/mol. The molecular formula is C7H9N5. The van der Waals surface area contributed by atoms with Crippen molar-refractivity contribution in [1.29, 1.82) is 0 Å². The summed E-state index contributed by atoms with van der Waals surface area (Å²) in [5.41, 5.74) is 1.70. The van der Waals surface area contributed by atoms with Gasteiger partial charge in [0, 0.05) is 7.05 Å². The number of hydrogen-bond donors (Lipinski definition) is 0. The van der Waals surface area contributed by atoms with Crippen molar-refractivity contribution in [2.24, 2.45) is 10.1 Å². The van der Waals surface area contributed by atoms with Crippen LogP contribution in [0.15, 0.2) is 10.1 Å². The molecule has 12 heavy (non-hydrogen) atoms. The van der Waals surface area contributed by atoms with E-state index in [-0.39, 0.29) is 0 Å². The maximum atomic E-state index is 4.20. The first kappa shape index (κ1) is 7.15. The zero-order chi connectivity index (χ0) is 8.72. The van der Waals surface area contributed by atoms with E-state index in [9.17, 15) is 0 Å². The summed E-state index contributed by atoms with van der Waals surface area (Å²) >= 11 is 0. The lowest BCUT2D eigenvalue weighted by molar-refractivity contribution is 0.736. The Bertz CT molecular complexity index is 385. The Morgan fingerprint density at radius 3 is 2.75 bits per heavy atom. The Labute approximate surface area is 69.8 Å². The molecule has 0 saturated heterocycles. The number of nitrogens with zero attached hydrogens (tertiary/aromatic N) is 5. The minimum Gasteiger partial charge on any atom is -0.283 e. The zero-order valence-corrected chi connectivity index (χ0v) is 7.24. The number of rotatable bonds is 0. The van der Waals surface area contributed by atoms with Crippen molar-refractivity contribution in [3.8, 4) is 0 Å². The van der Waals surface area contributed by atoms with Crippen molar-refractivity contribution in [3.63, 3.8) is 0 Å². The number of fused-ring (bicyclic) bond motifs is 1. The molecule has 0 fully saturated rings. The van der Waals surface area contributed by atoms with Crippen molar-refractivity contribution < 1.29 is 0 Å². The summed E-state index contributed by atoms with van der Waals surface area (Å²) in [6, 6.07) is 0. The molecule has 0 atom stereocenters. The van der Waals surface area contributed by atoms with E-state index in [4.69, 9.17) is 0 Å². The third-order valence-electron chi connectivity index (χ3n) is 1.72. The molecule has 0 bridgehead atoms. The minimum atomic E-state index is 0.724. The number of aryl methyl sites for hydroxylation is 1. The molecule has 2 heterocycles. The Kier molecular flexibility index (Phi) is 1.33. The van der Waals surface area contributed by atoms with Crippen molar-refractivity contribution in [2.45, 2.75) is 13.8 Å². The van der Waals surface area contributed by atoms with Gasteiger partial charge in [0.15, 0.2) is 5.82 Å². The molecule has 1 aromatic rings. The van der Waals surface area contributed by atoms with Gasteiger partial charge in [0.2, 0.25) is 5.82 Å². The van der Waals surface area contributed by atoms with Gasteiger partial charge in [-0.2, -0.15) is 5.10 Å². The minimum absolute atomic E-state index is 0.724. The van der Waals surface area contributed by atoms with Gasteiger partial charge in [-0.05, 0) is 13.8 Å². The lowest BCUT2D eigenvalue weighted by atomic mass is 10.2. The largest absolute Gasteiger partial charge is 0.283 e. The van der Waals surface area contributed by atoms with Crippen LogP contribution in [0.25, 0.3) is 0 Å². The maximum absolute atomic E-state index is 4.20. The molecule has 0 saturated carbocycles. The van der Waals surface area contributed by atoms with E-state index in [1.165, 1.54) is 4.79 Å². The van der Waals surface area contributed by atoms with Gasteiger partial charge in [-0.15, -0.1) is 9.89 Å². The average molecular weight is 163 g/mol. The Hall–Kier alpha value is -1.52. The highest BCUT2D eigenvalue weighted by atomic mass is 15.6. The SMILES string of the molecule is C/N=C1\C(C)=Nn2nc(C)nc21. The fourth-order valence-electron chi connectivity index (χ4n) is 1.24. The predicted molar refractivity (Wildman–Crippen MR) is 45.7 cm³/mol. The molecule has 0 unspecified atom stereocenters. The summed E-state index contributed by atoms with van der Waals surface area (Å²) in [6.45, 7) is 3.73. The Balaban J connectivity index is 2.64. The van der Waals surface area contributed by atoms with E-state index in [0.717, 1.165) is 23.1 Å². The van der Waals surface area contributed by atoms with Crippen LogP contribution < -0.4 is 0 Å². The lowest BCUT2D eigenvalue weighted by Crippen LogP contribution is -2.08. The molecule has 1 aromatic heterocycles. The standard InChI is InChI=1S/C7H9N5/c1-4-6(8-3)7-9-5(2)11-12(7)10-4/h1-3H3/b8-6+. The van der Waals surface area contributed by atoms with Crippen LogP contribution in [0.4, 0.5) is 0 Å². The van der Waals surface area contributed by atoms with Gasteiger partial charge in [0.05, 0.1) is 5.71 Å². The van der Waals surface area contributed by atoms with Crippen LogP contribution in [0.1, 0.15) is 18.6 Å². The summed E-state index contributed by atoms with van der Waals surface area (Å²) in [4.78, 5) is 9.81. The summed E-state index contributed by atoms with van der Waals surface area (Å²) in [5.74, 6) is 1.47. The normalized spacial score (nSPS) is 18.2. The van der Waals surface area contributed by atoms with Crippen molar-refractivity contribution in [3.05, 3.63) is 11.6 Å². The van der Waals surface area contributed by atoms with Crippen LogP contribution in [0.3, 0.4) is 0 Å². The molecule has 0 radical (unpaired) electrons. The predicted octanol–water partition coefficient (Wildman–Crippen LogP) is 0.243. The second-order valence-electron chi connectivity index (χ2n) is 2.63. The Morgan fingerprint density at radius 1 is 1.33 bits per heavy atom. The molecular weight excluding hydrogens is 154 g/mol. The highest BCUT2D eigenvalue weighted by Crippen LogP contribution is 2.08. The van der Waals surface area contributed by atoms with Crippen LogP contribution in [-0.2, 0) is 0 Å². The summed E-state index contributed by atoms with van der Waals surface area (Å²) in [7, 11) is 1.73. The van der Waals surface area contributed by atoms with Crippen LogP contribution in [0.5, 0.6) is 0 Å². The second-order valence-corrected chi connectivity index (χ2v) is 2.63. The smallest absolute Gasteiger partial charge is 0.203 e. The summed E-state index contributed by atoms with van der Waals surface area (Å²) in [5, 5.41) is 8.23. The van der Waals surface area contributed by atoms with E-state index in [1.54, 1.807) is 7.05 Å². The van der Waals surface area contributed by atoms with Crippen LogP contribution in [0.2, 0.25) is 0 Å². The van der Waals surface area contributed by atoms with E-state index >= 15 is 0 Å². The fraction of sp³-hybridized carbons (Fsp3) is 0.429. The van der Waals surface area contributed by atoms with E-state index in [1.807, 2.05) is 13.8 Å². The molecule has 0 N–H and O–H groups in total. The van der Waals surface area contributed by atoms with Crippen molar-refractivity contribution in [2.75, 3.05) is 7.05 Å². The first-order valence-corrected chi connectivity index (χ1v) is 3.69. The number of aromatic nitrogens is 3. The van der Waals surface area contributed by atoms with Gasteiger partial charge in [0.25, 0.3) is 0 Å². The average Bonchev–Trinajstić information content (AvgIpc) is 2.43. The molecule has 62 valence electrons. The molecule has 0 spiro atoms. The van der Waals surface area contributed by atoms with Gasteiger partial charge in [-0.25, -0.2) is 4.98 Å². The molecule has 2 rings (SSSR count).